The van der Waals surface area contributed by atoms with E-state index in [2.05, 4.69) is 15.3 Å². The van der Waals surface area contributed by atoms with Crippen LogP contribution in [-0.2, 0) is 10.0 Å². The average Bonchev–Trinajstić information content (AvgIpc) is 2.72. The fraction of sp³-hybridized carbons (Fsp3) is 0.571. The van der Waals surface area contributed by atoms with Gasteiger partial charge in [0.15, 0.2) is 5.03 Å². The van der Waals surface area contributed by atoms with Gasteiger partial charge in [0.1, 0.15) is 5.82 Å². The zero-order valence-electron chi connectivity index (χ0n) is 7.82. The van der Waals surface area contributed by atoms with Crippen molar-refractivity contribution in [3.8, 4) is 0 Å². The van der Waals surface area contributed by atoms with Crippen molar-refractivity contribution in [1.29, 1.82) is 0 Å². The first kappa shape index (κ1) is 9.63. The number of aromatic amines is 1. The van der Waals surface area contributed by atoms with Crippen LogP contribution in [0.5, 0.6) is 0 Å². The minimum absolute atomic E-state index is 0.165. The van der Waals surface area contributed by atoms with Crippen LogP contribution in [0.1, 0.15) is 5.82 Å². The highest BCUT2D eigenvalue weighted by Crippen LogP contribution is 2.13. The van der Waals surface area contributed by atoms with Gasteiger partial charge in [-0.3, -0.25) is 0 Å². The maximum Gasteiger partial charge on any atom is 0.261 e. The third kappa shape index (κ3) is 1.54. The lowest BCUT2D eigenvalue weighted by Crippen LogP contribution is -2.30. The van der Waals surface area contributed by atoms with Crippen LogP contribution in [0, 0.1) is 6.92 Å². The highest BCUT2D eigenvalue weighted by atomic mass is 32.2. The van der Waals surface area contributed by atoms with Crippen molar-refractivity contribution < 1.29 is 8.42 Å². The maximum atomic E-state index is 11.9. The van der Waals surface area contributed by atoms with Crippen molar-refractivity contribution in [1.82, 2.24) is 19.6 Å². The van der Waals surface area contributed by atoms with Gasteiger partial charge in [-0.15, -0.1) is 0 Å². The second kappa shape index (κ2) is 3.34. The number of H-pyrrole nitrogens is 1. The molecule has 7 heteroatoms. The Morgan fingerprint density at radius 3 is 2.86 bits per heavy atom. The number of hydrogen-bond acceptors (Lipinski definition) is 4. The monoisotopic (exact) mass is 216 g/mol. The second-order valence-corrected chi connectivity index (χ2v) is 5.08. The molecule has 0 spiro atoms. The molecule has 2 heterocycles. The number of rotatable bonds is 2. The topological polar surface area (TPSA) is 78.1 Å². The van der Waals surface area contributed by atoms with Gasteiger partial charge in [0.2, 0.25) is 0 Å². The summed E-state index contributed by atoms with van der Waals surface area (Å²) < 4.78 is 25.1. The highest BCUT2D eigenvalue weighted by molar-refractivity contribution is 7.89. The summed E-state index contributed by atoms with van der Waals surface area (Å²) in [7, 11) is -3.37. The molecule has 0 radical (unpaired) electrons. The lowest BCUT2D eigenvalue weighted by Gasteiger charge is -2.12. The molecule has 1 aliphatic heterocycles. The molecule has 0 unspecified atom stereocenters. The SMILES string of the molecule is Cc1ncc(S(=O)(=O)N2CCNC2)[nH]1. The number of nitrogens with zero attached hydrogens (tertiary/aromatic N) is 2. The largest absolute Gasteiger partial charge is 0.332 e. The van der Waals surface area contributed by atoms with Gasteiger partial charge < -0.3 is 10.3 Å². The summed E-state index contributed by atoms with van der Waals surface area (Å²) >= 11 is 0. The Hall–Kier alpha value is -0.920. The fourth-order valence-corrected chi connectivity index (χ4v) is 2.69. The fourth-order valence-electron chi connectivity index (χ4n) is 1.36. The molecule has 1 aromatic heterocycles. The minimum atomic E-state index is -3.37. The van der Waals surface area contributed by atoms with Crippen molar-refractivity contribution in [2.24, 2.45) is 0 Å². The van der Waals surface area contributed by atoms with E-state index in [1.807, 2.05) is 0 Å². The second-order valence-electron chi connectivity index (χ2n) is 3.17. The number of imidazole rings is 1. The normalized spacial score (nSPS) is 18.9. The van der Waals surface area contributed by atoms with Gasteiger partial charge >= 0.3 is 0 Å². The molecule has 0 bridgehead atoms. The Labute approximate surface area is 82.4 Å². The van der Waals surface area contributed by atoms with E-state index >= 15 is 0 Å². The number of hydrogen-bond donors (Lipinski definition) is 2. The first-order chi connectivity index (χ1) is 6.60. The van der Waals surface area contributed by atoms with Crippen LogP contribution in [0.25, 0.3) is 0 Å². The Kier molecular flexibility index (Phi) is 2.30. The van der Waals surface area contributed by atoms with Gasteiger partial charge in [-0.1, -0.05) is 0 Å². The smallest absolute Gasteiger partial charge is 0.261 e. The highest BCUT2D eigenvalue weighted by Gasteiger charge is 2.28. The summed E-state index contributed by atoms with van der Waals surface area (Å²) in [6, 6.07) is 0. The van der Waals surface area contributed by atoms with Gasteiger partial charge in [0.05, 0.1) is 12.9 Å². The molecule has 1 fully saturated rings. The number of aromatic nitrogens is 2. The summed E-state index contributed by atoms with van der Waals surface area (Å²) in [5, 5.41) is 3.13. The summed E-state index contributed by atoms with van der Waals surface area (Å²) in [6.45, 7) is 3.31. The van der Waals surface area contributed by atoms with Crippen molar-refractivity contribution in [3.63, 3.8) is 0 Å². The molecule has 0 amide bonds. The van der Waals surface area contributed by atoms with Gasteiger partial charge in [-0.05, 0) is 6.92 Å². The lowest BCUT2D eigenvalue weighted by molar-refractivity contribution is 0.471. The first-order valence-corrected chi connectivity index (χ1v) is 5.77. The summed E-state index contributed by atoms with van der Waals surface area (Å²) in [4.78, 5) is 6.60. The lowest BCUT2D eigenvalue weighted by atomic mass is 10.7. The van der Waals surface area contributed by atoms with Gasteiger partial charge in [0.25, 0.3) is 10.0 Å². The molecule has 1 aromatic rings. The summed E-state index contributed by atoms with van der Waals surface area (Å²) in [5.41, 5.74) is 0. The molecule has 1 aliphatic rings. The summed E-state index contributed by atoms with van der Waals surface area (Å²) in [5.74, 6) is 0.607. The Bertz CT molecular complexity index is 419. The van der Waals surface area contributed by atoms with Gasteiger partial charge in [-0.2, -0.15) is 4.31 Å². The van der Waals surface area contributed by atoms with E-state index in [1.54, 1.807) is 6.92 Å². The van der Waals surface area contributed by atoms with Crippen molar-refractivity contribution in [2.45, 2.75) is 11.9 Å². The molecule has 14 heavy (non-hydrogen) atoms. The van der Waals surface area contributed by atoms with Crippen LogP contribution in [-0.4, -0.2) is 42.4 Å². The van der Waals surface area contributed by atoms with E-state index in [0.29, 0.717) is 25.6 Å². The third-order valence-corrected chi connectivity index (χ3v) is 3.88. The molecule has 0 saturated carbocycles. The number of sulfonamides is 1. The number of nitrogens with one attached hydrogen (secondary N) is 2. The van der Waals surface area contributed by atoms with E-state index in [0.717, 1.165) is 0 Å². The molecule has 78 valence electrons. The van der Waals surface area contributed by atoms with Crippen molar-refractivity contribution >= 4 is 10.0 Å². The van der Waals surface area contributed by atoms with Crippen LogP contribution in [0.2, 0.25) is 0 Å². The van der Waals surface area contributed by atoms with Crippen molar-refractivity contribution in [3.05, 3.63) is 12.0 Å². The molecule has 2 rings (SSSR count). The predicted octanol–water partition coefficient (Wildman–Crippen LogP) is -0.730. The molecular formula is C7H12N4O2S. The Balaban J connectivity index is 2.32. The zero-order valence-corrected chi connectivity index (χ0v) is 8.63. The summed E-state index contributed by atoms with van der Waals surface area (Å²) in [6.07, 6.45) is 1.35. The Morgan fingerprint density at radius 1 is 1.57 bits per heavy atom. The van der Waals surface area contributed by atoms with E-state index in [9.17, 15) is 8.42 Å². The zero-order chi connectivity index (χ0) is 10.2. The molecule has 6 nitrogen and oxygen atoms in total. The van der Waals surface area contributed by atoms with Crippen LogP contribution in [0.15, 0.2) is 11.2 Å². The molecule has 2 N–H and O–H groups in total. The van der Waals surface area contributed by atoms with E-state index in [1.165, 1.54) is 10.5 Å². The first-order valence-electron chi connectivity index (χ1n) is 4.33. The van der Waals surface area contributed by atoms with Crippen LogP contribution in [0.3, 0.4) is 0 Å². The third-order valence-electron chi connectivity index (χ3n) is 2.12. The van der Waals surface area contributed by atoms with E-state index in [4.69, 9.17) is 0 Å². The van der Waals surface area contributed by atoms with Crippen LogP contribution < -0.4 is 5.32 Å². The molecule has 0 aliphatic carbocycles. The average molecular weight is 216 g/mol. The predicted molar refractivity (Wildman–Crippen MR) is 50.1 cm³/mol. The standard InChI is InChI=1S/C7H12N4O2S/c1-6-9-4-7(10-6)14(12,13)11-3-2-8-5-11/h4,8H,2-3,5H2,1H3,(H,9,10). The van der Waals surface area contributed by atoms with E-state index < -0.39 is 10.0 Å². The van der Waals surface area contributed by atoms with E-state index in [-0.39, 0.29) is 5.03 Å². The molecular weight excluding hydrogens is 204 g/mol. The van der Waals surface area contributed by atoms with Crippen molar-refractivity contribution in [2.75, 3.05) is 19.8 Å². The molecule has 0 aromatic carbocycles. The maximum absolute atomic E-state index is 11.9. The quantitative estimate of drug-likeness (QED) is 0.683. The van der Waals surface area contributed by atoms with Gasteiger partial charge in [0, 0.05) is 13.1 Å². The Morgan fingerprint density at radius 2 is 2.36 bits per heavy atom. The molecule has 1 saturated heterocycles. The minimum Gasteiger partial charge on any atom is -0.332 e. The van der Waals surface area contributed by atoms with Gasteiger partial charge in [-0.25, -0.2) is 13.4 Å². The molecule has 0 atom stereocenters. The van der Waals surface area contributed by atoms with Crippen LogP contribution >= 0.6 is 0 Å². The van der Waals surface area contributed by atoms with Crippen LogP contribution in [0.4, 0.5) is 0 Å². The number of aryl methyl sites for hydroxylation is 1.